The van der Waals surface area contributed by atoms with Gasteiger partial charge in [-0.25, -0.2) is 8.42 Å². The highest BCUT2D eigenvalue weighted by molar-refractivity contribution is 7.92. The first-order valence-corrected chi connectivity index (χ1v) is 7.29. The van der Waals surface area contributed by atoms with Gasteiger partial charge in [0.2, 0.25) is 0 Å². The number of hydrogen-bond acceptors (Lipinski definition) is 3. The minimum absolute atomic E-state index is 0.279. The molecule has 1 aromatic rings. The van der Waals surface area contributed by atoms with Crippen molar-refractivity contribution < 1.29 is 8.42 Å². The van der Waals surface area contributed by atoms with Crippen molar-refractivity contribution in [1.82, 2.24) is 0 Å². The molecule has 0 bridgehead atoms. The maximum atomic E-state index is 11.9. The van der Waals surface area contributed by atoms with Gasteiger partial charge in [0.1, 0.15) is 0 Å². The van der Waals surface area contributed by atoms with Crippen molar-refractivity contribution in [2.45, 2.75) is 49.8 Å². The average molecular weight is 255 g/mol. The monoisotopic (exact) mass is 255 g/mol. The third-order valence-corrected chi connectivity index (χ3v) is 4.70. The van der Waals surface area contributed by atoms with Crippen LogP contribution in [0.3, 0.4) is 0 Å². The van der Waals surface area contributed by atoms with E-state index in [4.69, 9.17) is 5.73 Å². The Balaban J connectivity index is 2.97. The number of benzene rings is 1. The maximum Gasteiger partial charge on any atom is 0.180 e. The zero-order valence-electron chi connectivity index (χ0n) is 10.9. The zero-order chi connectivity index (χ0) is 13.3. The summed E-state index contributed by atoms with van der Waals surface area (Å²) in [5.41, 5.74) is 6.70. The predicted molar refractivity (Wildman–Crippen MR) is 70.7 cm³/mol. The smallest absolute Gasteiger partial charge is 0.180 e. The van der Waals surface area contributed by atoms with Crippen LogP contribution in [-0.4, -0.2) is 19.2 Å². The second-order valence-electron chi connectivity index (χ2n) is 5.40. The Morgan fingerprint density at radius 2 is 1.65 bits per heavy atom. The van der Waals surface area contributed by atoms with Crippen LogP contribution in [0.1, 0.15) is 33.3 Å². The summed E-state index contributed by atoms with van der Waals surface area (Å²) in [6.07, 6.45) is 0.731. The number of hydrogen-bond donors (Lipinski definition) is 1. The van der Waals surface area contributed by atoms with Gasteiger partial charge in [0.15, 0.2) is 9.84 Å². The fourth-order valence-corrected chi connectivity index (χ4v) is 2.66. The highest BCUT2D eigenvalue weighted by atomic mass is 32.2. The summed E-state index contributed by atoms with van der Waals surface area (Å²) in [6, 6.07) is 7.00. The molecule has 1 aromatic carbocycles. The van der Waals surface area contributed by atoms with Gasteiger partial charge < -0.3 is 5.73 Å². The van der Waals surface area contributed by atoms with Crippen molar-refractivity contribution in [3.05, 3.63) is 29.8 Å². The van der Waals surface area contributed by atoms with Gasteiger partial charge in [-0.2, -0.15) is 0 Å². The quantitative estimate of drug-likeness (QED) is 0.896. The van der Waals surface area contributed by atoms with Gasteiger partial charge in [0.25, 0.3) is 0 Å². The fourth-order valence-electron chi connectivity index (χ4n) is 1.60. The molecular weight excluding hydrogens is 234 g/mol. The topological polar surface area (TPSA) is 60.2 Å². The van der Waals surface area contributed by atoms with Crippen LogP contribution >= 0.6 is 0 Å². The molecule has 3 nitrogen and oxygen atoms in total. The molecule has 2 N–H and O–H groups in total. The molecule has 0 aliphatic heterocycles. The minimum atomic E-state index is -3.17. The van der Waals surface area contributed by atoms with Gasteiger partial charge in [-0.1, -0.05) is 12.1 Å². The predicted octanol–water partition coefficient (Wildman–Crippen LogP) is 2.15. The van der Waals surface area contributed by atoms with E-state index in [1.165, 1.54) is 0 Å². The van der Waals surface area contributed by atoms with E-state index in [0.29, 0.717) is 4.90 Å². The first-order chi connectivity index (χ1) is 7.63. The summed E-state index contributed by atoms with van der Waals surface area (Å²) < 4.78 is 23.8. The van der Waals surface area contributed by atoms with E-state index < -0.39 is 9.84 Å². The van der Waals surface area contributed by atoms with Crippen LogP contribution in [0.5, 0.6) is 0 Å². The summed E-state index contributed by atoms with van der Waals surface area (Å²) in [4.78, 5) is 0.381. The molecule has 96 valence electrons. The Kier molecular flexibility index (Phi) is 3.99. The van der Waals surface area contributed by atoms with E-state index in [1.54, 1.807) is 26.0 Å². The van der Waals surface area contributed by atoms with Crippen molar-refractivity contribution in [3.8, 4) is 0 Å². The van der Waals surface area contributed by atoms with E-state index in [1.807, 2.05) is 26.0 Å². The molecule has 4 heteroatoms. The normalized spacial score (nSPS) is 13.1. The molecule has 17 heavy (non-hydrogen) atoms. The molecule has 0 fully saturated rings. The Morgan fingerprint density at radius 1 is 1.18 bits per heavy atom. The summed E-state index contributed by atoms with van der Waals surface area (Å²) in [6.45, 7) is 7.27. The van der Waals surface area contributed by atoms with Crippen LogP contribution in [0.4, 0.5) is 0 Å². The van der Waals surface area contributed by atoms with Gasteiger partial charge in [0.05, 0.1) is 10.1 Å². The lowest BCUT2D eigenvalue weighted by molar-refractivity contribution is 0.516. The van der Waals surface area contributed by atoms with Gasteiger partial charge >= 0.3 is 0 Å². The van der Waals surface area contributed by atoms with Crippen molar-refractivity contribution in [3.63, 3.8) is 0 Å². The molecule has 0 heterocycles. The lowest BCUT2D eigenvalue weighted by Crippen LogP contribution is -2.34. The molecule has 0 spiro atoms. The van der Waals surface area contributed by atoms with Gasteiger partial charge in [0, 0.05) is 5.54 Å². The highest BCUT2D eigenvalue weighted by Crippen LogP contribution is 2.18. The lowest BCUT2D eigenvalue weighted by atomic mass is 9.96. The Bertz CT molecular complexity index is 467. The van der Waals surface area contributed by atoms with E-state index in [2.05, 4.69) is 0 Å². The Morgan fingerprint density at radius 3 is 2.00 bits per heavy atom. The van der Waals surface area contributed by atoms with Gasteiger partial charge in [-0.15, -0.1) is 0 Å². The standard InChI is InChI=1S/C13H21NO2S/c1-10(2)17(15,16)12-7-5-11(6-8-12)9-13(3,4)14/h5-8,10H,9,14H2,1-4H3. The molecular formula is C13H21NO2S. The Hall–Kier alpha value is -0.870. The maximum absolute atomic E-state index is 11.9. The lowest BCUT2D eigenvalue weighted by Gasteiger charge is -2.18. The van der Waals surface area contributed by atoms with E-state index in [-0.39, 0.29) is 10.8 Å². The Labute approximate surface area is 104 Å². The van der Waals surface area contributed by atoms with Crippen LogP contribution in [0.2, 0.25) is 0 Å². The van der Waals surface area contributed by atoms with E-state index in [0.717, 1.165) is 12.0 Å². The first kappa shape index (κ1) is 14.2. The third-order valence-electron chi connectivity index (χ3n) is 2.53. The second-order valence-corrected chi connectivity index (χ2v) is 7.91. The van der Waals surface area contributed by atoms with E-state index in [9.17, 15) is 8.42 Å². The highest BCUT2D eigenvalue weighted by Gasteiger charge is 2.19. The molecule has 0 saturated heterocycles. The molecule has 0 unspecified atom stereocenters. The second kappa shape index (κ2) is 4.78. The van der Waals surface area contributed by atoms with Crippen molar-refractivity contribution >= 4 is 9.84 Å². The molecule has 0 radical (unpaired) electrons. The molecule has 1 rings (SSSR count). The SMILES string of the molecule is CC(C)S(=O)(=O)c1ccc(CC(C)(C)N)cc1. The molecule has 0 saturated carbocycles. The summed E-state index contributed by atoms with van der Waals surface area (Å²) >= 11 is 0. The van der Waals surface area contributed by atoms with Crippen LogP contribution in [0.25, 0.3) is 0 Å². The van der Waals surface area contributed by atoms with E-state index >= 15 is 0 Å². The van der Waals surface area contributed by atoms with Crippen LogP contribution < -0.4 is 5.73 Å². The number of sulfone groups is 1. The third kappa shape index (κ3) is 3.82. The van der Waals surface area contributed by atoms with Crippen LogP contribution in [0.15, 0.2) is 29.2 Å². The fraction of sp³-hybridized carbons (Fsp3) is 0.538. The number of rotatable bonds is 4. The summed E-state index contributed by atoms with van der Waals surface area (Å²) in [7, 11) is -3.17. The molecule has 0 amide bonds. The van der Waals surface area contributed by atoms with Gasteiger partial charge in [-0.05, 0) is 51.8 Å². The summed E-state index contributed by atoms with van der Waals surface area (Å²) in [5, 5.41) is -0.390. The molecule has 0 aliphatic carbocycles. The molecule has 0 atom stereocenters. The average Bonchev–Trinajstić information content (AvgIpc) is 2.15. The largest absolute Gasteiger partial charge is 0.325 e. The summed E-state index contributed by atoms with van der Waals surface area (Å²) in [5.74, 6) is 0. The van der Waals surface area contributed by atoms with Crippen molar-refractivity contribution in [2.75, 3.05) is 0 Å². The van der Waals surface area contributed by atoms with Crippen LogP contribution in [-0.2, 0) is 16.3 Å². The zero-order valence-corrected chi connectivity index (χ0v) is 11.7. The molecule has 0 aliphatic rings. The van der Waals surface area contributed by atoms with Gasteiger partial charge in [-0.3, -0.25) is 0 Å². The first-order valence-electron chi connectivity index (χ1n) is 5.75. The minimum Gasteiger partial charge on any atom is -0.325 e. The van der Waals surface area contributed by atoms with Crippen LogP contribution in [0, 0.1) is 0 Å². The number of nitrogens with two attached hydrogens (primary N) is 1. The van der Waals surface area contributed by atoms with Crippen molar-refractivity contribution in [1.29, 1.82) is 0 Å². The van der Waals surface area contributed by atoms with Crippen molar-refractivity contribution in [2.24, 2.45) is 5.73 Å². The molecule has 0 aromatic heterocycles.